The van der Waals surface area contributed by atoms with E-state index in [1.165, 1.54) is 0 Å². The molecule has 0 saturated carbocycles. The van der Waals surface area contributed by atoms with Crippen molar-refractivity contribution in [1.29, 1.82) is 0 Å². The molecule has 42 heavy (non-hydrogen) atoms. The van der Waals surface area contributed by atoms with Gasteiger partial charge in [-0.1, -0.05) is 6.92 Å². The van der Waals surface area contributed by atoms with Gasteiger partial charge in [-0.15, -0.1) is 0 Å². The number of ether oxygens (including phenoxy) is 6. The normalized spacial score (nSPS) is 31.0. The van der Waals surface area contributed by atoms with Crippen molar-refractivity contribution in [2.75, 3.05) is 13.2 Å². The number of aliphatic carboxylic acids is 1. The summed E-state index contributed by atoms with van der Waals surface area (Å²) in [5.74, 6) is -2.80. The molecule has 2 heterocycles. The number of carboxylic acids is 1. The van der Waals surface area contributed by atoms with E-state index in [1.54, 1.807) is 27.7 Å². The quantitative estimate of drug-likeness (QED) is 0.120. The predicted octanol–water partition coefficient (Wildman–Crippen LogP) is 0.563. The number of nitrogens with two attached hydrogens (primary N) is 1. The first kappa shape index (κ1) is 35.6. The number of carbonyl (C=O) groups excluding carboxylic acids is 3. The fourth-order valence-electron chi connectivity index (χ4n) is 4.40. The van der Waals surface area contributed by atoms with Gasteiger partial charge in [0.1, 0.15) is 12.2 Å². The Hall–Kier alpha value is -2.56. The lowest BCUT2D eigenvalue weighted by atomic mass is 10.0. The zero-order valence-electron chi connectivity index (χ0n) is 24.6. The number of esters is 2. The van der Waals surface area contributed by atoms with Crippen LogP contribution in [0, 0.1) is 5.92 Å². The smallest absolute Gasteiger partial charge is 0.312 e. The molecule has 15 nitrogen and oxygen atoms in total. The molecule has 15 heteroatoms. The highest BCUT2D eigenvalue weighted by Gasteiger charge is 2.42. The number of hydrogen-bond acceptors (Lipinski definition) is 12. The summed E-state index contributed by atoms with van der Waals surface area (Å²) < 4.78 is 34.1. The van der Waals surface area contributed by atoms with Gasteiger partial charge in [-0.25, -0.2) is 4.79 Å². The van der Waals surface area contributed by atoms with Crippen LogP contribution in [-0.2, 0) is 42.8 Å². The third-order valence-electron chi connectivity index (χ3n) is 7.05. The molecule has 0 aromatic carbocycles. The Bertz CT molecular complexity index is 890. The Morgan fingerprint density at radius 1 is 0.929 bits per heavy atom. The van der Waals surface area contributed by atoms with Crippen LogP contribution in [0.2, 0.25) is 0 Å². The lowest BCUT2D eigenvalue weighted by molar-refractivity contribution is -0.280. The van der Waals surface area contributed by atoms with Crippen molar-refractivity contribution in [3.05, 3.63) is 0 Å². The summed E-state index contributed by atoms with van der Waals surface area (Å²) in [4.78, 5) is 47.2. The summed E-state index contributed by atoms with van der Waals surface area (Å²) in [6.07, 6.45) is -5.66. The van der Waals surface area contributed by atoms with Crippen molar-refractivity contribution in [3.63, 3.8) is 0 Å². The molecule has 0 aromatic heterocycles. The summed E-state index contributed by atoms with van der Waals surface area (Å²) >= 11 is 0. The number of urea groups is 1. The summed E-state index contributed by atoms with van der Waals surface area (Å²) in [5, 5.41) is 31.1. The van der Waals surface area contributed by atoms with Gasteiger partial charge in [-0.2, -0.15) is 0 Å². The standard InChI is InChI=1S/C27H46N2O13/c1-14(13-29-27(28)36)24(35)42-20-12-21(26(40-17(20)4)38-15(2)8-9-22(32)33)41-23(34)7-5-6-10-37-25-19(31)11-18(30)16(3)39-25/h14-21,25-26,30-31H,5-13H2,1-4H3,(H,32,33)(H3,28,29,36)/t14-,15-,16?,17?,18-,19?,20-,21?,25-,26-/m1/s1. The molecule has 2 saturated heterocycles. The van der Waals surface area contributed by atoms with E-state index in [4.69, 9.17) is 39.3 Å². The van der Waals surface area contributed by atoms with Crippen LogP contribution in [0.5, 0.6) is 0 Å². The van der Waals surface area contributed by atoms with E-state index in [-0.39, 0.29) is 45.3 Å². The van der Waals surface area contributed by atoms with Gasteiger partial charge in [0.05, 0.1) is 30.3 Å². The van der Waals surface area contributed by atoms with Gasteiger partial charge in [0.15, 0.2) is 18.7 Å². The van der Waals surface area contributed by atoms with E-state index in [0.717, 1.165) is 0 Å². The first-order chi connectivity index (χ1) is 19.8. The van der Waals surface area contributed by atoms with E-state index in [2.05, 4.69) is 5.32 Å². The molecule has 2 rings (SSSR count). The van der Waals surface area contributed by atoms with Crippen molar-refractivity contribution >= 4 is 23.9 Å². The van der Waals surface area contributed by atoms with Gasteiger partial charge in [-0.05, 0) is 40.0 Å². The number of carbonyl (C=O) groups is 4. The van der Waals surface area contributed by atoms with Crippen LogP contribution in [-0.4, -0.2) is 108 Å². The Balaban J connectivity index is 1.90. The number of carboxylic acid groups (broad SMARTS) is 1. The van der Waals surface area contributed by atoms with Crippen LogP contribution < -0.4 is 11.1 Å². The molecule has 0 spiro atoms. The number of nitrogens with one attached hydrogen (secondary N) is 1. The maximum atomic E-state index is 12.7. The number of rotatable bonds is 16. The molecule has 2 amide bonds. The number of unbranched alkanes of at least 4 members (excludes halogenated alkanes) is 1. The van der Waals surface area contributed by atoms with Crippen LogP contribution in [0.15, 0.2) is 0 Å². The highest BCUT2D eigenvalue weighted by Crippen LogP contribution is 2.28. The maximum Gasteiger partial charge on any atom is 0.312 e. The number of hydrogen-bond donors (Lipinski definition) is 5. The van der Waals surface area contributed by atoms with Gasteiger partial charge >= 0.3 is 23.9 Å². The molecule has 6 N–H and O–H groups in total. The van der Waals surface area contributed by atoms with Gasteiger partial charge < -0.3 is 54.8 Å². The molecular formula is C27H46N2O13. The molecule has 242 valence electrons. The number of primary amides is 1. The fourth-order valence-corrected chi connectivity index (χ4v) is 4.40. The minimum Gasteiger partial charge on any atom is -0.481 e. The van der Waals surface area contributed by atoms with Crippen molar-refractivity contribution in [1.82, 2.24) is 5.32 Å². The van der Waals surface area contributed by atoms with Crippen LogP contribution in [0.3, 0.4) is 0 Å². The minimum absolute atomic E-state index is 0.0160. The number of aliphatic hydroxyl groups excluding tert-OH is 2. The number of amides is 2. The van der Waals surface area contributed by atoms with E-state index < -0.39 is 85.2 Å². The van der Waals surface area contributed by atoms with Gasteiger partial charge in [-0.3, -0.25) is 14.4 Å². The Morgan fingerprint density at radius 3 is 2.29 bits per heavy atom. The second-order valence-electron chi connectivity index (χ2n) is 10.9. The minimum atomic E-state index is -1.01. The second-order valence-corrected chi connectivity index (χ2v) is 10.9. The van der Waals surface area contributed by atoms with E-state index in [0.29, 0.717) is 12.8 Å². The summed E-state index contributed by atoms with van der Waals surface area (Å²) in [5.41, 5.74) is 5.06. The molecular weight excluding hydrogens is 560 g/mol. The van der Waals surface area contributed by atoms with Crippen molar-refractivity contribution in [2.45, 2.75) is 128 Å². The molecule has 4 unspecified atom stereocenters. The summed E-state index contributed by atoms with van der Waals surface area (Å²) in [7, 11) is 0. The van der Waals surface area contributed by atoms with Crippen molar-refractivity contribution in [3.8, 4) is 0 Å². The first-order valence-electron chi connectivity index (χ1n) is 14.4. The SMILES string of the molecule is CC1O[C@@H](OCCCCC(=O)OC2C[C@@H](OC(=O)[C@H](C)CNC(N)=O)C(C)O[C@H]2O[C@H](C)CCC(=O)O)C(O)C[C@H]1O. The zero-order valence-corrected chi connectivity index (χ0v) is 24.6. The van der Waals surface area contributed by atoms with Crippen LogP contribution in [0.4, 0.5) is 4.79 Å². The average molecular weight is 607 g/mol. The Kier molecular flexibility index (Phi) is 14.9. The first-order valence-corrected chi connectivity index (χ1v) is 14.4. The van der Waals surface area contributed by atoms with E-state index in [1.807, 2.05) is 0 Å². The van der Waals surface area contributed by atoms with Gasteiger partial charge in [0.25, 0.3) is 0 Å². The third kappa shape index (κ3) is 12.4. The monoisotopic (exact) mass is 606 g/mol. The van der Waals surface area contributed by atoms with Crippen molar-refractivity contribution < 1.29 is 62.9 Å². The molecule has 0 bridgehead atoms. The Labute approximate surface area is 245 Å². The highest BCUT2D eigenvalue weighted by atomic mass is 16.7. The fraction of sp³-hybridized carbons (Fsp3) is 0.852. The average Bonchev–Trinajstić information content (AvgIpc) is 2.91. The molecule has 2 fully saturated rings. The third-order valence-corrected chi connectivity index (χ3v) is 7.05. The van der Waals surface area contributed by atoms with Crippen LogP contribution in [0.1, 0.15) is 72.6 Å². The molecule has 0 aliphatic carbocycles. The molecule has 0 radical (unpaired) electrons. The van der Waals surface area contributed by atoms with E-state index in [9.17, 15) is 29.4 Å². The lowest BCUT2D eigenvalue weighted by Crippen LogP contribution is -2.51. The summed E-state index contributed by atoms with van der Waals surface area (Å²) in [6, 6.07) is -0.770. The lowest BCUT2D eigenvalue weighted by Gasteiger charge is -2.40. The molecule has 0 aromatic rings. The van der Waals surface area contributed by atoms with Crippen molar-refractivity contribution in [2.24, 2.45) is 11.7 Å². The largest absolute Gasteiger partial charge is 0.481 e. The van der Waals surface area contributed by atoms with E-state index >= 15 is 0 Å². The molecule has 2 aliphatic heterocycles. The van der Waals surface area contributed by atoms with Gasteiger partial charge in [0, 0.05) is 38.8 Å². The maximum absolute atomic E-state index is 12.7. The molecule has 2 aliphatic rings. The zero-order chi connectivity index (χ0) is 31.4. The van der Waals surface area contributed by atoms with Crippen LogP contribution in [0.25, 0.3) is 0 Å². The topological polar surface area (TPSA) is 222 Å². The van der Waals surface area contributed by atoms with Gasteiger partial charge in [0.2, 0.25) is 0 Å². The predicted molar refractivity (Wildman–Crippen MR) is 144 cm³/mol. The second kappa shape index (κ2) is 17.5. The molecule has 10 atom stereocenters. The highest BCUT2D eigenvalue weighted by molar-refractivity contribution is 5.75. The Morgan fingerprint density at radius 2 is 1.62 bits per heavy atom. The van der Waals surface area contributed by atoms with Crippen LogP contribution >= 0.6 is 0 Å². The summed E-state index contributed by atoms with van der Waals surface area (Å²) in [6.45, 7) is 6.82. The number of aliphatic hydroxyl groups is 2.